The maximum Gasteiger partial charge on any atom is 0.307 e. The van der Waals surface area contributed by atoms with Gasteiger partial charge in [0.15, 0.2) is 0 Å². The number of carbonyl (C=O) groups excluding carboxylic acids is 2. The molecule has 0 aliphatic heterocycles. The molecule has 7 heteroatoms. The van der Waals surface area contributed by atoms with E-state index in [0.29, 0.717) is 11.1 Å². The van der Waals surface area contributed by atoms with E-state index in [-0.39, 0.29) is 36.6 Å². The van der Waals surface area contributed by atoms with Gasteiger partial charge < -0.3 is 10.1 Å². The Morgan fingerprint density at radius 2 is 1.71 bits per heavy atom. The number of carbonyl (C=O) groups is 2. The van der Waals surface area contributed by atoms with Crippen molar-refractivity contribution in [1.82, 2.24) is 5.32 Å². The van der Waals surface area contributed by atoms with Crippen LogP contribution in [0.5, 0.6) is 0 Å². The van der Waals surface area contributed by atoms with E-state index >= 15 is 0 Å². The van der Waals surface area contributed by atoms with E-state index in [4.69, 9.17) is 4.74 Å². The molecule has 0 saturated heterocycles. The topological polar surface area (TPSA) is 98.5 Å². The normalized spacial score (nSPS) is 11.0. The number of nitro groups is 1. The number of benzene rings is 2. The Kier molecular flexibility index (Phi) is 6.87. The third kappa shape index (κ3) is 5.90. The zero-order chi connectivity index (χ0) is 20.7. The molecule has 0 spiro atoms. The largest absolute Gasteiger partial charge is 0.460 e. The van der Waals surface area contributed by atoms with Gasteiger partial charge in [0.1, 0.15) is 6.61 Å². The number of hydrogen-bond donors (Lipinski definition) is 1. The molecule has 0 saturated carbocycles. The summed E-state index contributed by atoms with van der Waals surface area (Å²) in [5, 5.41) is 13.6. The minimum Gasteiger partial charge on any atom is -0.460 e. The van der Waals surface area contributed by atoms with Gasteiger partial charge in [-0.05, 0) is 29.2 Å². The SMILES string of the molecule is CC(C)(C)c1ccc(C(=O)NCCC(=O)OCc2ccccc2[N+](=O)[O-])cc1. The van der Waals surface area contributed by atoms with Gasteiger partial charge in [-0.25, -0.2) is 0 Å². The lowest BCUT2D eigenvalue weighted by molar-refractivity contribution is -0.385. The van der Waals surface area contributed by atoms with Gasteiger partial charge in [-0.1, -0.05) is 45.0 Å². The Bertz CT molecular complexity index is 854. The molecule has 0 aliphatic carbocycles. The highest BCUT2D eigenvalue weighted by Gasteiger charge is 2.16. The average molecular weight is 384 g/mol. The molecule has 0 fully saturated rings. The third-order valence-corrected chi connectivity index (χ3v) is 4.20. The average Bonchev–Trinajstić information content (AvgIpc) is 2.65. The highest BCUT2D eigenvalue weighted by atomic mass is 16.6. The maximum atomic E-state index is 12.1. The highest BCUT2D eigenvalue weighted by molar-refractivity contribution is 5.94. The van der Waals surface area contributed by atoms with Crippen LogP contribution in [0.4, 0.5) is 5.69 Å². The fourth-order valence-corrected chi connectivity index (χ4v) is 2.54. The van der Waals surface area contributed by atoms with Gasteiger partial charge in [0, 0.05) is 18.2 Å². The number of amides is 1. The number of hydrogen-bond acceptors (Lipinski definition) is 5. The van der Waals surface area contributed by atoms with Gasteiger partial charge in [0.2, 0.25) is 0 Å². The van der Waals surface area contributed by atoms with Crippen molar-refractivity contribution >= 4 is 17.6 Å². The first-order chi connectivity index (χ1) is 13.2. The van der Waals surface area contributed by atoms with Gasteiger partial charge in [0.05, 0.1) is 16.9 Å². The summed E-state index contributed by atoms with van der Waals surface area (Å²) in [7, 11) is 0. The van der Waals surface area contributed by atoms with E-state index in [1.807, 2.05) is 12.1 Å². The van der Waals surface area contributed by atoms with E-state index in [0.717, 1.165) is 5.56 Å². The van der Waals surface area contributed by atoms with Gasteiger partial charge >= 0.3 is 5.97 Å². The summed E-state index contributed by atoms with van der Waals surface area (Å²) in [6.45, 7) is 6.22. The van der Waals surface area contributed by atoms with Crippen LogP contribution in [0.1, 0.15) is 48.7 Å². The van der Waals surface area contributed by atoms with Gasteiger partial charge in [-0.15, -0.1) is 0 Å². The van der Waals surface area contributed by atoms with Gasteiger partial charge in [-0.3, -0.25) is 19.7 Å². The predicted molar refractivity (Wildman–Crippen MR) is 105 cm³/mol. The second-order valence-electron chi connectivity index (χ2n) is 7.38. The van der Waals surface area contributed by atoms with Crippen LogP contribution in [0.3, 0.4) is 0 Å². The summed E-state index contributed by atoms with van der Waals surface area (Å²) < 4.78 is 5.06. The molecular weight excluding hydrogens is 360 g/mol. The molecule has 1 amide bonds. The zero-order valence-electron chi connectivity index (χ0n) is 16.2. The summed E-state index contributed by atoms with van der Waals surface area (Å²) in [5.41, 5.74) is 1.88. The second-order valence-corrected chi connectivity index (χ2v) is 7.38. The minimum absolute atomic E-state index is 0.00654. The minimum atomic E-state index is -0.540. The number of nitro benzene ring substituents is 1. The van der Waals surface area contributed by atoms with Crippen molar-refractivity contribution in [2.75, 3.05) is 6.54 Å². The van der Waals surface area contributed by atoms with Crippen LogP contribution in [0.25, 0.3) is 0 Å². The maximum absolute atomic E-state index is 12.1. The van der Waals surface area contributed by atoms with Crippen LogP contribution in [0.15, 0.2) is 48.5 Å². The Labute approximate surface area is 163 Å². The van der Waals surface area contributed by atoms with Crippen molar-refractivity contribution < 1.29 is 19.2 Å². The summed E-state index contributed by atoms with van der Waals surface area (Å²) in [4.78, 5) is 34.4. The predicted octanol–water partition coefficient (Wildman–Crippen LogP) is 3.76. The van der Waals surface area contributed by atoms with E-state index in [2.05, 4.69) is 26.1 Å². The molecule has 28 heavy (non-hydrogen) atoms. The molecule has 0 unspecified atom stereocenters. The quantitative estimate of drug-likeness (QED) is 0.445. The van der Waals surface area contributed by atoms with Crippen molar-refractivity contribution in [2.45, 2.75) is 39.2 Å². The van der Waals surface area contributed by atoms with E-state index < -0.39 is 10.9 Å². The van der Waals surface area contributed by atoms with Crippen molar-refractivity contribution in [2.24, 2.45) is 0 Å². The number of ether oxygens (including phenoxy) is 1. The molecule has 0 aliphatic rings. The van der Waals surface area contributed by atoms with Crippen molar-refractivity contribution in [3.8, 4) is 0 Å². The molecule has 1 N–H and O–H groups in total. The standard InChI is InChI=1S/C21H24N2O5/c1-21(2,3)17-10-8-15(9-11-17)20(25)22-13-12-19(24)28-14-16-6-4-5-7-18(16)23(26)27/h4-11H,12-14H2,1-3H3,(H,22,25). The smallest absolute Gasteiger partial charge is 0.307 e. The number of nitrogens with zero attached hydrogens (tertiary/aromatic N) is 1. The number of nitrogens with one attached hydrogen (secondary N) is 1. The first-order valence-electron chi connectivity index (χ1n) is 8.95. The summed E-state index contributed by atoms with van der Waals surface area (Å²) in [5.74, 6) is -0.812. The number of esters is 1. The Balaban J connectivity index is 1.79. The lowest BCUT2D eigenvalue weighted by Gasteiger charge is -2.19. The molecule has 2 aromatic carbocycles. The molecule has 2 rings (SSSR count). The van der Waals surface area contributed by atoms with Crippen LogP contribution in [0, 0.1) is 10.1 Å². The van der Waals surface area contributed by atoms with Crippen LogP contribution in [-0.4, -0.2) is 23.3 Å². The van der Waals surface area contributed by atoms with E-state index in [9.17, 15) is 19.7 Å². The lowest BCUT2D eigenvalue weighted by Crippen LogP contribution is -2.26. The monoisotopic (exact) mass is 384 g/mol. The van der Waals surface area contributed by atoms with Gasteiger partial charge in [-0.2, -0.15) is 0 Å². The summed E-state index contributed by atoms with van der Waals surface area (Å²) in [6.07, 6.45) is -0.0214. The fourth-order valence-electron chi connectivity index (χ4n) is 2.54. The highest BCUT2D eigenvalue weighted by Crippen LogP contribution is 2.22. The summed E-state index contributed by atoms with van der Waals surface area (Å²) in [6, 6.07) is 13.4. The van der Waals surface area contributed by atoms with Crippen LogP contribution in [-0.2, 0) is 21.6 Å². The second kappa shape index (κ2) is 9.12. The van der Waals surface area contributed by atoms with Gasteiger partial charge in [0.25, 0.3) is 11.6 Å². The van der Waals surface area contributed by atoms with Crippen LogP contribution >= 0.6 is 0 Å². The fraction of sp³-hybridized carbons (Fsp3) is 0.333. The van der Waals surface area contributed by atoms with Crippen LogP contribution < -0.4 is 5.32 Å². The zero-order valence-corrected chi connectivity index (χ0v) is 16.2. The molecule has 7 nitrogen and oxygen atoms in total. The number of rotatable bonds is 7. The summed E-state index contributed by atoms with van der Waals surface area (Å²) >= 11 is 0. The Morgan fingerprint density at radius 1 is 1.07 bits per heavy atom. The molecule has 2 aromatic rings. The Hall–Kier alpha value is -3.22. The van der Waals surface area contributed by atoms with Crippen LogP contribution in [0.2, 0.25) is 0 Å². The van der Waals surface area contributed by atoms with Crippen molar-refractivity contribution in [3.05, 3.63) is 75.3 Å². The molecular formula is C21H24N2O5. The molecule has 148 valence electrons. The van der Waals surface area contributed by atoms with E-state index in [1.54, 1.807) is 24.3 Å². The molecule has 0 bridgehead atoms. The lowest BCUT2D eigenvalue weighted by atomic mass is 9.87. The third-order valence-electron chi connectivity index (χ3n) is 4.20. The Morgan fingerprint density at radius 3 is 2.32 bits per heavy atom. The molecule has 0 aromatic heterocycles. The molecule has 0 radical (unpaired) electrons. The first-order valence-corrected chi connectivity index (χ1v) is 8.95. The van der Waals surface area contributed by atoms with Crippen molar-refractivity contribution in [1.29, 1.82) is 0 Å². The van der Waals surface area contributed by atoms with E-state index in [1.165, 1.54) is 12.1 Å². The van der Waals surface area contributed by atoms with Crippen molar-refractivity contribution in [3.63, 3.8) is 0 Å². The first kappa shape index (κ1) is 21.1. The molecule has 0 atom stereocenters. The molecule has 0 heterocycles. The number of para-hydroxylation sites is 1.